The number of carbonyl (C=O) groups excluding carboxylic acids is 1. The highest BCUT2D eigenvalue weighted by molar-refractivity contribution is 6.35. The molecule has 2 aromatic rings. The summed E-state index contributed by atoms with van der Waals surface area (Å²) in [6.45, 7) is 0. The number of rotatable bonds is 2. The molecular formula is C13H4ClF5O. The maximum atomic E-state index is 13.1. The summed E-state index contributed by atoms with van der Waals surface area (Å²) in [6.07, 6.45) is 0. The first-order chi connectivity index (χ1) is 9.31. The van der Waals surface area contributed by atoms with Gasteiger partial charge < -0.3 is 0 Å². The van der Waals surface area contributed by atoms with Gasteiger partial charge in [0.05, 0.1) is 5.02 Å². The van der Waals surface area contributed by atoms with E-state index in [1.807, 2.05) is 0 Å². The average Bonchev–Trinajstić information content (AvgIpc) is 2.38. The molecule has 2 rings (SSSR count). The zero-order valence-corrected chi connectivity index (χ0v) is 10.2. The van der Waals surface area contributed by atoms with Gasteiger partial charge in [-0.05, 0) is 24.3 Å². The van der Waals surface area contributed by atoms with Gasteiger partial charge in [0.25, 0.3) is 0 Å². The van der Waals surface area contributed by atoms with E-state index in [1.54, 1.807) is 0 Å². The van der Waals surface area contributed by atoms with Crippen LogP contribution in [0.5, 0.6) is 0 Å². The third kappa shape index (κ3) is 2.51. The van der Waals surface area contributed by atoms with E-state index in [2.05, 4.69) is 0 Å². The van der Waals surface area contributed by atoms with Gasteiger partial charge in [-0.1, -0.05) is 11.6 Å². The summed E-state index contributed by atoms with van der Waals surface area (Å²) in [5.74, 6) is -8.58. The fraction of sp³-hybridized carbons (Fsp3) is 0. The Morgan fingerprint density at radius 1 is 0.800 bits per heavy atom. The van der Waals surface area contributed by atoms with Crippen molar-refractivity contribution in [2.45, 2.75) is 0 Å². The van der Waals surface area contributed by atoms with Crippen LogP contribution in [0.4, 0.5) is 22.0 Å². The van der Waals surface area contributed by atoms with Crippen LogP contribution in [-0.4, -0.2) is 5.78 Å². The van der Waals surface area contributed by atoms with Crippen molar-refractivity contribution in [3.63, 3.8) is 0 Å². The van der Waals surface area contributed by atoms with Crippen LogP contribution in [0.3, 0.4) is 0 Å². The molecule has 104 valence electrons. The van der Waals surface area contributed by atoms with Crippen LogP contribution in [0.1, 0.15) is 15.9 Å². The van der Waals surface area contributed by atoms with E-state index in [9.17, 15) is 26.7 Å². The predicted molar refractivity (Wildman–Crippen MR) is 61.1 cm³/mol. The zero-order valence-electron chi connectivity index (χ0n) is 9.49. The van der Waals surface area contributed by atoms with Crippen molar-refractivity contribution >= 4 is 17.4 Å². The molecular weight excluding hydrogens is 303 g/mol. The Kier molecular flexibility index (Phi) is 3.76. The molecule has 0 aliphatic rings. The summed E-state index contributed by atoms with van der Waals surface area (Å²) in [7, 11) is 0. The largest absolute Gasteiger partial charge is 0.289 e. The Morgan fingerprint density at radius 2 is 1.30 bits per heavy atom. The van der Waals surface area contributed by atoms with E-state index in [0.29, 0.717) is 24.3 Å². The highest BCUT2D eigenvalue weighted by Gasteiger charge is 2.20. The van der Waals surface area contributed by atoms with E-state index in [-0.39, 0.29) is 0 Å². The molecule has 0 radical (unpaired) electrons. The fourth-order valence-electron chi connectivity index (χ4n) is 1.54. The maximum Gasteiger partial charge on any atom is 0.194 e. The quantitative estimate of drug-likeness (QED) is 0.350. The van der Waals surface area contributed by atoms with Gasteiger partial charge >= 0.3 is 0 Å². The Labute approximate surface area is 114 Å². The minimum absolute atomic E-state index is 0.431. The SMILES string of the molecule is O=C(c1cc(F)c(F)c(F)c1)c1cc(F)c(F)cc1Cl. The summed E-state index contributed by atoms with van der Waals surface area (Å²) in [6, 6.07) is 1.94. The second-order valence-corrected chi connectivity index (χ2v) is 4.24. The lowest BCUT2D eigenvalue weighted by Crippen LogP contribution is -2.06. The molecule has 0 spiro atoms. The van der Waals surface area contributed by atoms with Crippen LogP contribution in [0.15, 0.2) is 24.3 Å². The third-order valence-corrected chi connectivity index (χ3v) is 2.81. The van der Waals surface area contributed by atoms with Crippen LogP contribution < -0.4 is 0 Å². The van der Waals surface area contributed by atoms with Crippen LogP contribution in [0.25, 0.3) is 0 Å². The van der Waals surface area contributed by atoms with Crippen LogP contribution in [0, 0.1) is 29.1 Å². The molecule has 0 N–H and O–H groups in total. The van der Waals surface area contributed by atoms with Gasteiger partial charge in [0.2, 0.25) is 0 Å². The summed E-state index contributed by atoms with van der Waals surface area (Å²) >= 11 is 5.57. The normalized spacial score (nSPS) is 10.7. The van der Waals surface area contributed by atoms with Crippen molar-refractivity contribution in [3.05, 3.63) is 69.5 Å². The topological polar surface area (TPSA) is 17.1 Å². The highest BCUT2D eigenvalue weighted by atomic mass is 35.5. The lowest BCUT2D eigenvalue weighted by atomic mass is 10.0. The maximum absolute atomic E-state index is 13.1. The highest BCUT2D eigenvalue weighted by Crippen LogP contribution is 2.24. The summed E-state index contributed by atoms with van der Waals surface area (Å²) < 4.78 is 64.8. The van der Waals surface area contributed by atoms with Crippen molar-refractivity contribution < 1.29 is 26.7 Å². The van der Waals surface area contributed by atoms with Gasteiger partial charge in [0.1, 0.15) is 0 Å². The molecule has 0 fully saturated rings. The molecule has 0 saturated heterocycles. The summed E-state index contributed by atoms with van der Waals surface area (Å²) in [5, 5.41) is -0.431. The molecule has 0 aliphatic heterocycles. The molecule has 0 atom stereocenters. The third-order valence-electron chi connectivity index (χ3n) is 2.50. The first-order valence-electron chi connectivity index (χ1n) is 5.15. The van der Waals surface area contributed by atoms with Gasteiger partial charge in [-0.25, -0.2) is 22.0 Å². The van der Waals surface area contributed by atoms with Crippen LogP contribution >= 0.6 is 11.6 Å². The van der Waals surface area contributed by atoms with E-state index >= 15 is 0 Å². The van der Waals surface area contributed by atoms with Crippen molar-refractivity contribution in [1.82, 2.24) is 0 Å². The van der Waals surface area contributed by atoms with E-state index < -0.39 is 51.0 Å². The number of benzene rings is 2. The first kappa shape index (κ1) is 14.5. The number of ketones is 1. The molecule has 0 aliphatic carbocycles. The van der Waals surface area contributed by atoms with Crippen molar-refractivity contribution in [2.75, 3.05) is 0 Å². The molecule has 0 saturated carbocycles. The molecule has 0 amide bonds. The Balaban J connectivity index is 2.55. The number of carbonyl (C=O) groups is 1. The van der Waals surface area contributed by atoms with Gasteiger partial charge in [0, 0.05) is 11.1 Å². The van der Waals surface area contributed by atoms with E-state index in [1.165, 1.54) is 0 Å². The molecule has 0 unspecified atom stereocenters. The predicted octanol–water partition coefficient (Wildman–Crippen LogP) is 4.27. The van der Waals surface area contributed by atoms with E-state index in [0.717, 1.165) is 0 Å². The Morgan fingerprint density at radius 3 is 1.85 bits per heavy atom. The molecule has 1 nitrogen and oxygen atoms in total. The van der Waals surface area contributed by atoms with Crippen molar-refractivity contribution in [2.24, 2.45) is 0 Å². The molecule has 0 heterocycles. The van der Waals surface area contributed by atoms with Crippen molar-refractivity contribution in [1.29, 1.82) is 0 Å². The number of hydrogen-bond acceptors (Lipinski definition) is 1. The monoisotopic (exact) mass is 306 g/mol. The molecule has 7 heteroatoms. The minimum atomic E-state index is -1.74. The van der Waals surface area contributed by atoms with Crippen LogP contribution in [-0.2, 0) is 0 Å². The standard InChI is InChI=1S/C13H4ClF5O/c14-7-4-9(16)8(15)3-6(7)13(20)5-1-10(17)12(19)11(18)2-5/h1-4H. The van der Waals surface area contributed by atoms with Gasteiger partial charge in [0.15, 0.2) is 34.9 Å². The number of hydrogen-bond donors (Lipinski definition) is 0. The van der Waals surface area contributed by atoms with Crippen molar-refractivity contribution in [3.8, 4) is 0 Å². The minimum Gasteiger partial charge on any atom is -0.289 e. The average molecular weight is 307 g/mol. The smallest absolute Gasteiger partial charge is 0.194 e. The second kappa shape index (κ2) is 5.20. The Hall–Kier alpha value is -1.95. The lowest BCUT2D eigenvalue weighted by Gasteiger charge is -2.06. The molecule has 0 aromatic heterocycles. The lowest BCUT2D eigenvalue weighted by molar-refractivity contribution is 0.103. The zero-order chi connectivity index (χ0) is 15.0. The fourth-order valence-corrected chi connectivity index (χ4v) is 1.77. The van der Waals surface area contributed by atoms with Crippen LogP contribution in [0.2, 0.25) is 5.02 Å². The second-order valence-electron chi connectivity index (χ2n) is 3.83. The van der Waals surface area contributed by atoms with Gasteiger partial charge in [-0.2, -0.15) is 0 Å². The summed E-state index contributed by atoms with van der Waals surface area (Å²) in [4.78, 5) is 11.9. The van der Waals surface area contributed by atoms with E-state index in [4.69, 9.17) is 11.6 Å². The molecule has 0 bridgehead atoms. The molecule has 20 heavy (non-hydrogen) atoms. The van der Waals surface area contributed by atoms with Gasteiger partial charge in [-0.3, -0.25) is 4.79 Å². The number of halogens is 6. The molecule has 2 aromatic carbocycles. The summed E-state index contributed by atoms with van der Waals surface area (Å²) in [5.41, 5.74) is -1.06. The first-order valence-corrected chi connectivity index (χ1v) is 5.53. The van der Waals surface area contributed by atoms with Gasteiger partial charge in [-0.15, -0.1) is 0 Å². The Bertz CT molecular complexity index is 691.